The molecule has 1 atom stereocenters. The molecule has 1 aliphatic rings. The topological polar surface area (TPSA) is 86.6 Å². The van der Waals surface area contributed by atoms with Gasteiger partial charge in [0.1, 0.15) is 0 Å². The lowest BCUT2D eigenvalue weighted by Crippen LogP contribution is -2.36. The molecule has 0 radical (unpaired) electrons. The van der Waals surface area contributed by atoms with Crippen LogP contribution in [-0.2, 0) is 21.6 Å². The molecule has 1 aromatic rings. The van der Waals surface area contributed by atoms with E-state index < -0.39 is 23.9 Å². The number of hydrogen-bond donors (Lipinski definition) is 3. The van der Waals surface area contributed by atoms with E-state index in [-0.39, 0.29) is 0 Å². The van der Waals surface area contributed by atoms with Crippen LogP contribution in [0, 0.1) is 0 Å². The molecule has 0 saturated heterocycles. The van der Waals surface area contributed by atoms with E-state index in [1.807, 2.05) is 13.0 Å². The van der Waals surface area contributed by atoms with Gasteiger partial charge in [-0.3, -0.25) is 9.59 Å². The van der Waals surface area contributed by atoms with Gasteiger partial charge in [-0.15, -0.1) is 0 Å². The summed E-state index contributed by atoms with van der Waals surface area (Å²) in [7, 11) is 0. The lowest BCUT2D eigenvalue weighted by atomic mass is 9.90. The van der Waals surface area contributed by atoms with Crippen molar-refractivity contribution in [3.05, 3.63) is 29.3 Å². The number of aliphatic hydroxyl groups is 1. The van der Waals surface area contributed by atoms with Gasteiger partial charge in [-0.2, -0.15) is 0 Å². The summed E-state index contributed by atoms with van der Waals surface area (Å²) < 4.78 is 0. The van der Waals surface area contributed by atoms with Crippen molar-refractivity contribution >= 4 is 17.6 Å². The Hall–Kier alpha value is -1.88. The van der Waals surface area contributed by atoms with Gasteiger partial charge in [0.15, 0.2) is 5.60 Å². The van der Waals surface area contributed by atoms with E-state index in [9.17, 15) is 14.7 Å². The third-order valence-electron chi connectivity index (χ3n) is 2.97. The fraction of sp³-hybridized carbons (Fsp3) is 0.333. The summed E-state index contributed by atoms with van der Waals surface area (Å²) in [4.78, 5) is 22.4. The zero-order valence-electron chi connectivity index (χ0n) is 9.36. The second-order valence-corrected chi connectivity index (χ2v) is 4.12. The number of nitrogens with one attached hydrogen (secondary N) is 1. The number of carboxylic acids is 1. The monoisotopic (exact) mass is 235 g/mol. The Kier molecular flexibility index (Phi) is 2.63. The Morgan fingerprint density at radius 3 is 2.76 bits per heavy atom. The van der Waals surface area contributed by atoms with E-state index in [0.717, 1.165) is 12.0 Å². The van der Waals surface area contributed by atoms with Crippen LogP contribution >= 0.6 is 0 Å². The van der Waals surface area contributed by atoms with Gasteiger partial charge < -0.3 is 15.5 Å². The number of hydrogen-bond acceptors (Lipinski definition) is 3. The number of amides is 1. The number of aryl methyl sites for hydroxylation is 1. The van der Waals surface area contributed by atoms with Crippen molar-refractivity contribution < 1.29 is 19.8 Å². The van der Waals surface area contributed by atoms with E-state index in [4.69, 9.17) is 5.11 Å². The van der Waals surface area contributed by atoms with Crippen molar-refractivity contribution in [2.24, 2.45) is 0 Å². The molecule has 3 N–H and O–H groups in total. The number of benzene rings is 1. The average molecular weight is 235 g/mol. The molecule has 1 aromatic carbocycles. The zero-order chi connectivity index (χ0) is 12.6. The number of carbonyl (C=O) groups is 2. The van der Waals surface area contributed by atoms with Gasteiger partial charge in [-0.25, -0.2) is 0 Å². The smallest absolute Gasteiger partial charge is 0.307 e. The van der Waals surface area contributed by atoms with Crippen molar-refractivity contribution in [1.29, 1.82) is 0 Å². The quantitative estimate of drug-likeness (QED) is 0.725. The highest BCUT2D eigenvalue weighted by molar-refractivity contribution is 6.06. The number of anilines is 1. The molecule has 5 nitrogen and oxygen atoms in total. The number of carboxylic acid groups (broad SMARTS) is 1. The highest BCUT2D eigenvalue weighted by Crippen LogP contribution is 2.38. The maximum atomic E-state index is 11.7. The molecule has 0 fully saturated rings. The van der Waals surface area contributed by atoms with E-state index >= 15 is 0 Å². The van der Waals surface area contributed by atoms with Crippen molar-refractivity contribution in [1.82, 2.24) is 0 Å². The summed E-state index contributed by atoms with van der Waals surface area (Å²) in [6.07, 6.45) is 0.129. The Morgan fingerprint density at radius 1 is 1.47 bits per heavy atom. The van der Waals surface area contributed by atoms with E-state index in [0.29, 0.717) is 11.3 Å². The Labute approximate surface area is 98.1 Å². The molecule has 0 spiro atoms. The SMILES string of the molecule is CCc1ccc2c(c1)C(O)(CC(=O)O)C(=O)N2. The normalized spacial score (nSPS) is 22.1. The number of rotatable bonds is 3. The van der Waals surface area contributed by atoms with Crippen LogP contribution in [0.4, 0.5) is 5.69 Å². The summed E-state index contributed by atoms with van der Waals surface area (Å²) in [5.41, 5.74) is -0.170. The number of aliphatic carboxylic acids is 1. The molecular weight excluding hydrogens is 222 g/mol. The van der Waals surface area contributed by atoms with Crippen LogP contribution in [-0.4, -0.2) is 22.1 Å². The maximum Gasteiger partial charge on any atom is 0.307 e. The number of fused-ring (bicyclic) bond motifs is 1. The first-order valence-corrected chi connectivity index (χ1v) is 5.36. The molecule has 5 heteroatoms. The highest BCUT2D eigenvalue weighted by Gasteiger charge is 2.46. The zero-order valence-corrected chi connectivity index (χ0v) is 9.36. The van der Waals surface area contributed by atoms with Crippen LogP contribution in [0.1, 0.15) is 24.5 Å². The highest BCUT2D eigenvalue weighted by atomic mass is 16.4. The molecule has 1 aliphatic heterocycles. The first-order chi connectivity index (χ1) is 7.97. The second kappa shape index (κ2) is 3.85. The first kappa shape index (κ1) is 11.6. The third-order valence-corrected chi connectivity index (χ3v) is 2.97. The van der Waals surface area contributed by atoms with Gasteiger partial charge in [0.2, 0.25) is 0 Å². The fourth-order valence-electron chi connectivity index (χ4n) is 2.00. The molecule has 1 unspecified atom stereocenters. The minimum atomic E-state index is -1.95. The summed E-state index contributed by atoms with van der Waals surface area (Å²) in [5.74, 6) is -1.89. The van der Waals surface area contributed by atoms with Gasteiger partial charge in [-0.1, -0.05) is 19.1 Å². The lowest BCUT2D eigenvalue weighted by molar-refractivity contribution is -0.149. The molecule has 90 valence electrons. The van der Waals surface area contributed by atoms with Crippen molar-refractivity contribution in [2.75, 3.05) is 5.32 Å². The predicted octanol–water partition coefficient (Wildman–Crippen LogP) is 0.863. The fourth-order valence-corrected chi connectivity index (χ4v) is 2.00. The molecule has 2 rings (SSSR count). The molecule has 0 aliphatic carbocycles. The van der Waals surface area contributed by atoms with Crippen LogP contribution in [0.15, 0.2) is 18.2 Å². The van der Waals surface area contributed by atoms with Gasteiger partial charge in [0.05, 0.1) is 6.42 Å². The minimum Gasteiger partial charge on any atom is -0.481 e. The maximum absolute atomic E-state index is 11.7. The molecule has 0 aromatic heterocycles. The van der Waals surface area contributed by atoms with E-state index in [1.165, 1.54) is 0 Å². The average Bonchev–Trinajstić information content (AvgIpc) is 2.50. The standard InChI is InChI=1S/C12H13NO4/c1-2-7-3-4-9-8(5-7)12(17,6-10(14)15)11(16)13-9/h3-5,17H,2,6H2,1H3,(H,13,16)(H,14,15). The Morgan fingerprint density at radius 2 is 2.18 bits per heavy atom. The molecule has 1 heterocycles. The van der Waals surface area contributed by atoms with Gasteiger partial charge >= 0.3 is 5.97 Å². The van der Waals surface area contributed by atoms with Crippen molar-refractivity contribution in [3.8, 4) is 0 Å². The Balaban J connectivity index is 2.51. The second-order valence-electron chi connectivity index (χ2n) is 4.12. The predicted molar refractivity (Wildman–Crippen MR) is 60.6 cm³/mol. The first-order valence-electron chi connectivity index (χ1n) is 5.36. The largest absolute Gasteiger partial charge is 0.481 e. The van der Waals surface area contributed by atoms with Gasteiger partial charge in [-0.05, 0) is 18.1 Å². The van der Waals surface area contributed by atoms with Crippen LogP contribution in [0.3, 0.4) is 0 Å². The van der Waals surface area contributed by atoms with E-state index in [2.05, 4.69) is 5.32 Å². The van der Waals surface area contributed by atoms with Crippen LogP contribution in [0.25, 0.3) is 0 Å². The minimum absolute atomic E-state index is 0.351. The summed E-state index contributed by atoms with van der Waals surface area (Å²) >= 11 is 0. The molecular formula is C12H13NO4. The van der Waals surface area contributed by atoms with Crippen LogP contribution in [0.5, 0.6) is 0 Å². The van der Waals surface area contributed by atoms with E-state index in [1.54, 1.807) is 12.1 Å². The van der Waals surface area contributed by atoms with Crippen LogP contribution in [0.2, 0.25) is 0 Å². The summed E-state index contributed by atoms with van der Waals surface area (Å²) in [6.45, 7) is 1.95. The Bertz CT molecular complexity index is 497. The third kappa shape index (κ3) is 1.78. The van der Waals surface area contributed by atoms with Gasteiger partial charge in [0, 0.05) is 11.3 Å². The van der Waals surface area contributed by atoms with Crippen LogP contribution < -0.4 is 5.32 Å². The molecule has 1 amide bonds. The van der Waals surface area contributed by atoms with Crippen molar-refractivity contribution in [2.45, 2.75) is 25.4 Å². The summed E-state index contributed by atoms with van der Waals surface area (Å²) in [5, 5.41) is 21.5. The lowest BCUT2D eigenvalue weighted by Gasteiger charge is -2.18. The van der Waals surface area contributed by atoms with Crippen molar-refractivity contribution in [3.63, 3.8) is 0 Å². The number of carbonyl (C=O) groups excluding carboxylic acids is 1. The molecule has 0 bridgehead atoms. The van der Waals surface area contributed by atoms with Gasteiger partial charge in [0.25, 0.3) is 5.91 Å². The summed E-state index contributed by atoms with van der Waals surface area (Å²) in [6, 6.07) is 5.20. The molecule has 17 heavy (non-hydrogen) atoms. The molecule has 0 saturated carbocycles.